The Morgan fingerprint density at radius 1 is 1.00 bits per heavy atom. The van der Waals surface area contributed by atoms with E-state index < -0.39 is 0 Å². The second-order valence-corrected chi connectivity index (χ2v) is 10.2. The number of fused-ring (bicyclic) bond motifs is 1. The molecule has 1 aliphatic rings. The summed E-state index contributed by atoms with van der Waals surface area (Å²) in [5, 5.41) is 2.04. The van der Waals surface area contributed by atoms with E-state index in [4.69, 9.17) is 21.7 Å². The Bertz CT molecular complexity index is 1520. The van der Waals surface area contributed by atoms with Crippen molar-refractivity contribution in [2.24, 2.45) is 0 Å². The number of allylic oxidation sites excluding steroid dienone is 1. The number of thioether (sulfide) groups is 1. The normalized spacial score (nSPS) is 14.4. The van der Waals surface area contributed by atoms with Crippen LogP contribution in [0.2, 0.25) is 0 Å². The Labute approximate surface area is 226 Å². The van der Waals surface area contributed by atoms with Crippen LogP contribution in [0.1, 0.15) is 16.7 Å². The summed E-state index contributed by atoms with van der Waals surface area (Å²) < 4.78 is 12.4. The lowest BCUT2D eigenvalue weighted by molar-refractivity contribution is -0.113. The van der Waals surface area contributed by atoms with Crippen molar-refractivity contribution in [2.45, 2.75) is 13.0 Å². The Balaban J connectivity index is 1.48. The summed E-state index contributed by atoms with van der Waals surface area (Å²) in [6.07, 6.45) is 4.29. The van der Waals surface area contributed by atoms with Crippen molar-refractivity contribution >= 4 is 56.7 Å². The number of anilines is 1. The molecule has 0 aliphatic carbocycles. The van der Waals surface area contributed by atoms with Gasteiger partial charge in [-0.05, 0) is 47.2 Å². The molecule has 4 nitrogen and oxygen atoms in total. The number of nitrogens with zero attached hydrogens (tertiary/aromatic N) is 1. The molecule has 0 unspecified atom stereocenters. The molecule has 1 fully saturated rings. The van der Waals surface area contributed by atoms with E-state index in [1.807, 2.05) is 97.1 Å². The molecule has 4 aromatic rings. The first-order valence-electron chi connectivity index (χ1n) is 11.8. The maximum Gasteiger partial charge on any atom is 0.270 e. The van der Waals surface area contributed by atoms with Gasteiger partial charge in [-0.15, -0.1) is 6.58 Å². The first-order chi connectivity index (χ1) is 18.1. The fourth-order valence-electron chi connectivity index (χ4n) is 4.35. The summed E-state index contributed by atoms with van der Waals surface area (Å²) in [6, 6.07) is 27.8. The van der Waals surface area contributed by atoms with Gasteiger partial charge in [-0.1, -0.05) is 96.8 Å². The molecule has 6 heteroatoms. The summed E-state index contributed by atoms with van der Waals surface area (Å²) in [4.78, 5) is 15.7. The Kier molecular flexibility index (Phi) is 7.40. The smallest absolute Gasteiger partial charge is 0.270 e. The largest absolute Gasteiger partial charge is 0.493 e. The minimum Gasteiger partial charge on any atom is -0.493 e. The lowest BCUT2D eigenvalue weighted by Gasteiger charge is -2.17. The van der Waals surface area contributed by atoms with Crippen molar-refractivity contribution in [2.75, 3.05) is 12.0 Å². The van der Waals surface area contributed by atoms with Gasteiger partial charge in [-0.3, -0.25) is 9.69 Å². The van der Waals surface area contributed by atoms with Gasteiger partial charge in [0.2, 0.25) is 0 Å². The standard InChI is InChI=1S/C31H25NO3S2/c1-3-10-24-17-22(18-27(34-2)29(24)35-20-21-11-5-4-6-12-21)19-28-30(33)32(31(36)37-28)26-16-9-14-23-13-7-8-15-25(23)26/h3-9,11-19H,1,10,20H2,2H3/b28-19+. The molecule has 0 spiro atoms. The first kappa shape index (κ1) is 24.8. The van der Waals surface area contributed by atoms with Crippen LogP contribution in [0.15, 0.2) is 102 Å². The molecule has 37 heavy (non-hydrogen) atoms. The van der Waals surface area contributed by atoms with E-state index >= 15 is 0 Å². The van der Waals surface area contributed by atoms with Gasteiger partial charge in [-0.25, -0.2) is 0 Å². The van der Waals surface area contributed by atoms with Gasteiger partial charge < -0.3 is 9.47 Å². The molecule has 184 valence electrons. The summed E-state index contributed by atoms with van der Waals surface area (Å²) in [7, 11) is 1.62. The van der Waals surface area contributed by atoms with Crippen LogP contribution in [-0.2, 0) is 17.8 Å². The van der Waals surface area contributed by atoms with Crippen molar-refractivity contribution in [1.29, 1.82) is 0 Å². The van der Waals surface area contributed by atoms with Crippen molar-refractivity contribution in [1.82, 2.24) is 0 Å². The van der Waals surface area contributed by atoms with E-state index in [0.717, 1.165) is 33.2 Å². The van der Waals surface area contributed by atoms with E-state index in [1.165, 1.54) is 11.8 Å². The first-order valence-corrected chi connectivity index (χ1v) is 13.1. The van der Waals surface area contributed by atoms with Crippen LogP contribution in [0.25, 0.3) is 16.8 Å². The maximum absolute atomic E-state index is 13.5. The van der Waals surface area contributed by atoms with Gasteiger partial charge in [0, 0.05) is 10.9 Å². The lowest BCUT2D eigenvalue weighted by atomic mass is 10.0. The monoisotopic (exact) mass is 523 g/mol. The van der Waals surface area contributed by atoms with Crippen LogP contribution < -0.4 is 14.4 Å². The minimum atomic E-state index is -0.139. The van der Waals surface area contributed by atoms with Crippen molar-refractivity contribution in [3.05, 3.63) is 119 Å². The highest BCUT2D eigenvalue weighted by Crippen LogP contribution is 2.40. The molecular weight excluding hydrogens is 498 g/mol. The Hall–Kier alpha value is -3.87. The van der Waals surface area contributed by atoms with Crippen molar-refractivity contribution < 1.29 is 14.3 Å². The van der Waals surface area contributed by atoms with E-state index in [-0.39, 0.29) is 5.91 Å². The second-order valence-electron chi connectivity index (χ2n) is 8.49. The van der Waals surface area contributed by atoms with Crippen LogP contribution >= 0.6 is 24.0 Å². The SMILES string of the molecule is C=CCc1cc(/C=C2/SC(=S)N(c3cccc4ccccc34)C2=O)cc(OC)c1OCc1ccccc1. The summed E-state index contributed by atoms with van der Waals surface area (Å²) >= 11 is 6.94. The average Bonchev–Trinajstić information content (AvgIpc) is 3.20. The molecule has 0 aromatic heterocycles. The Morgan fingerprint density at radius 3 is 2.54 bits per heavy atom. The number of ether oxygens (including phenoxy) is 2. The van der Waals surface area contributed by atoms with Crippen molar-refractivity contribution in [3.8, 4) is 11.5 Å². The van der Waals surface area contributed by atoms with Gasteiger partial charge in [-0.2, -0.15) is 0 Å². The van der Waals surface area contributed by atoms with E-state index in [9.17, 15) is 4.79 Å². The van der Waals surface area contributed by atoms with Gasteiger partial charge >= 0.3 is 0 Å². The van der Waals surface area contributed by atoms with E-state index in [1.54, 1.807) is 12.0 Å². The molecule has 0 atom stereocenters. The molecule has 0 radical (unpaired) electrons. The molecule has 0 bridgehead atoms. The van der Waals surface area contributed by atoms with Gasteiger partial charge in [0.05, 0.1) is 17.7 Å². The molecule has 4 aromatic carbocycles. The molecule has 1 aliphatic heterocycles. The number of thiocarbonyl (C=S) groups is 1. The van der Waals surface area contributed by atoms with Gasteiger partial charge in [0.15, 0.2) is 15.8 Å². The second kappa shape index (κ2) is 11.0. The summed E-state index contributed by atoms with van der Waals surface area (Å²) in [5.41, 5.74) is 3.62. The number of rotatable bonds is 8. The molecule has 5 rings (SSSR count). The third kappa shape index (κ3) is 5.17. The predicted octanol–water partition coefficient (Wildman–Crippen LogP) is 7.56. The maximum atomic E-state index is 13.5. The summed E-state index contributed by atoms with van der Waals surface area (Å²) in [6.45, 7) is 4.32. The average molecular weight is 524 g/mol. The number of hydrogen-bond donors (Lipinski definition) is 0. The molecule has 1 saturated heterocycles. The number of hydrogen-bond acceptors (Lipinski definition) is 5. The van der Waals surface area contributed by atoms with Crippen LogP contribution in [-0.4, -0.2) is 17.3 Å². The predicted molar refractivity (Wildman–Crippen MR) is 157 cm³/mol. The summed E-state index contributed by atoms with van der Waals surface area (Å²) in [5.74, 6) is 1.14. The number of benzene rings is 4. The zero-order valence-electron chi connectivity index (χ0n) is 20.3. The number of amides is 1. The number of methoxy groups -OCH3 is 1. The molecule has 1 amide bonds. The quantitative estimate of drug-likeness (QED) is 0.135. The van der Waals surface area contributed by atoms with Crippen LogP contribution in [0, 0.1) is 0 Å². The zero-order valence-corrected chi connectivity index (χ0v) is 22.0. The minimum absolute atomic E-state index is 0.139. The van der Waals surface area contributed by atoms with Crippen molar-refractivity contribution in [3.63, 3.8) is 0 Å². The van der Waals surface area contributed by atoms with E-state index in [0.29, 0.717) is 33.8 Å². The molecule has 0 N–H and O–H groups in total. The van der Waals surface area contributed by atoms with Gasteiger partial charge in [0.1, 0.15) is 6.61 Å². The fourth-order valence-corrected chi connectivity index (χ4v) is 5.63. The van der Waals surface area contributed by atoms with Crippen LogP contribution in [0.4, 0.5) is 5.69 Å². The topological polar surface area (TPSA) is 38.8 Å². The third-order valence-corrected chi connectivity index (χ3v) is 7.37. The molecule has 1 heterocycles. The molecule has 0 saturated carbocycles. The lowest BCUT2D eigenvalue weighted by Crippen LogP contribution is -2.27. The number of carbonyl (C=O) groups is 1. The van der Waals surface area contributed by atoms with Gasteiger partial charge in [0.25, 0.3) is 5.91 Å². The highest BCUT2D eigenvalue weighted by Gasteiger charge is 2.34. The number of carbonyl (C=O) groups excluding carboxylic acids is 1. The van der Waals surface area contributed by atoms with E-state index in [2.05, 4.69) is 6.58 Å². The van der Waals surface area contributed by atoms with Crippen LogP contribution in [0.5, 0.6) is 11.5 Å². The Morgan fingerprint density at radius 2 is 1.76 bits per heavy atom. The highest BCUT2D eigenvalue weighted by molar-refractivity contribution is 8.27. The van der Waals surface area contributed by atoms with Crippen LogP contribution in [0.3, 0.4) is 0 Å². The molecular formula is C31H25NO3S2. The third-order valence-electron chi connectivity index (χ3n) is 6.06. The fraction of sp³-hybridized carbons (Fsp3) is 0.0968. The highest BCUT2D eigenvalue weighted by atomic mass is 32.2. The zero-order chi connectivity index (χ0) is 25.8.